The van der Waals surface area contributed by atoms with Gasteiger partial charge in [-0.15, -0.1) is 0 Å². The van der Waals surface area contributed by atoms with E-state index >= 15 is 0 Å². The van der Waals surface area contributed by atoms with Crippen LogP contribution in [0.25, 0.3) is 0 Å². The average molecular weight is 278 g/mol. The smallest absolute Gasteiger partial charge is 0.123 e. The monoisotopic (exact) mass is 278 g/mol. The molecule has 1 aromatic rings. The van der Waals surface area contributed by atoms with Gasteiger partial charge in [-0.25, -0.2) is 4.39 Å². The quantitative estimate of drug-likeness (QED) is 0.910. The third kappa shape index (κ3) is 4.03. The highest BCUT2D eigenvalue weighted by Crippen LogP contribution is 2.21. The number of nitrogens with zero attached hydrogens (tertiary/aromatic N) is 1. The maximum Gasteiger partial charge on any atom is 0.123 e. The van der Waals surface area contributed by atoms with Crippen molar-refractivity contribution in [1.29, 1.82) is 0 Å². The summed E-state index contributed by atoms with van der Waals surface area (Å²) in [6, 6.07) is 8.49. The fourth-order valence-corrected chi connectivity index (χ4v) is 3.17. The molecule has 0 amide bonds. The Hall–Kier alpha value is -0.930. The molecule has 20 heavy (non-hydrogen) atoms. The first kappa shape index (κ1) is 15.5. The molecule has 1 heterocycles. The van der Waals surface area contributed by atoms with Gasteiger partial charge in [-0.1, -0.05) is 19.1 Å². The van der Waals surface area contributed by atoms with E-state index in [1.807, 2.05) is 12.1 Å². The number of likely N-dealkylation sites (tertiary alicyclic amines) is 1. The summed E-state index contributed by atoms with van der Waals surface area (Å²) >= 11 is 0. The molecule has 2 rings (SSSR count). The van der Waals surface area contributed by atoms with Crippen LogP contribution in [0.2, 0.25) is 0 Å². The number of hydrogen-bond acceptors (Lipinski definition) is 2. The third-order valence-electron chi connectivity index (χ3n) is 4.56. The van der Waals surface area contributed by atoms with E-state index < -0.39 is 0 Å². The Morgan fingerprint density at radius 1 is 1.30 bits per heavy atom. The number of rotatable bonds is 4. The summed E-state index contributed by atoms with van der Waals surface area (Å²) in [5.74, 6) is 0.513. The van der Waals surface area contributed by atoms with Crippen LogP contribution in [0.1, 0.15) is 32.8 Å². The van der Waals surface area contributed by atoms with Gasteiger partial charge in [-0.05, 0) is 57.4 Å². The molecular formula is C17H27FN2. The highest BCUT2D eigenvalue weighted by molar-refractivity contribution is 5.17. The highest BCUT2D eigenvalue weighted by Gasteiger charge is 2.29. The molecule has 1 aromatic carbocycles. The topological polar surface area (TPSA) is 15.3 Å². The van der Waals surface area contributed by atoms with Gasteiger partial charge in [-0.2, -0.15) is 0 Å². The Balaban J connectivity index is 1.87. The van der Waals surface area contributed by atoms with Gasteiger partial charge in [0, 0.05) is 24.7 Å². The van der Waals surface area contributed by atoms with Gasteiger partial charge in [0.2, 0.25) is 0 Å². The van der Waals surface area contributed by atoms with Crippen LogP contribution >= 0.6 is 0 Å². The average Bonchev–Trinajstić information content (AvgIpc) is 2.39. The molecule has 112 valence electrons. The highest BCUT2D eigenvalue weighted by atomic mass is 19.1. The largest absolute Gasteiger partial charge is 0.311 e. The van der Waals surface area contributed by atoms with E-state index in [9.17, 15) is 4.39 Å². The Morgan fingerprint density at radius 2 is 1.95 bits per heavy atom. The molecule has 0 aliphatic carbocycles. The summed E-state index contributed by atoms with van der Waals surface area (Å²) in [7, 11) is 2.21. The molecule has 1 fully saturated rings. The predicted octanol–water partition coefficient (Wildman–Crippen LogP) is 3.08. The number of nitrogens with one attached hydrogen (secondary N) is 1. The molecule has 0 bridgehead atoms. The van der Waals surface area contributed by atoms with E-state index in [2.05, 4.69) is 38.0 Å². The van der Waals surface area contributed by atoms with Crippen LogP contribution in [-0.4, -0.2) is 36.6 Å². The normalized spacial score (nSPS) is 29.4. The van der Waals surface area contributed by atoms with Crippen molar-refractivity contribution in [3.8, 4) is 0 Å². The molecule has 0 saturated carbocycles. The van der Waals surface area contributed by atoms with Gasteiger partial charge < -0.3 is 10.2 Å². The number of halogens is 1. The zero-order chi connectivity index (χ0) is 14.7. The summed E-state index contributed by atoms with van der Waals surface area (Å²) < 4.78 is 12.9. The molecule has 2 nitrogen and oxygen atoms in total. The SMILES string of the molecule is CC(Cc1ccc(F)cc1)NC1CC(C)N(C)CC1C. The van der Waals surface area contributed by atoms with Crippen LogP contribution in [0.3, 0.4) is 0 Å². The lowest BCUT2D eigenvalue weighted by Crippen LogP contribution is -2.53. The van der Waals surface area contributed by atoms with Crippen LogP contribution in [0.15, 0.2) is 24.3 Å². The van der Waals surface area contributed by atoms with E-state index in [1.165, 1.54) is 12.0 Å². The van der Waals surface area contributed by atoms with Crippen molar-refractivity contribution in [2.75, 3.05) is 13.6 Å². The molecule has 3 heteroatoms. The van der Waals surface area contributed by atoms with E-state index in [4.69, 9.17) is 0 Å². The molecule has 1 aliphatic rings. The first-order valence-corrected chi connectivity index (χ1v) is 7.66. The predicted molar refractivity (Wildman–Crippen MR) is 82.4 cm³/mol. The zero-order valence-electron chi connectivity index (χ0n) is 13.1. The van der Waals surface area contributed by atoms with Gasteiger partial charge in [0.25, 0.3) is 0 Å². The van der Waals surface area contributed by atoms with Crippen molar-refractivity contribution in [2.45, 2.75) is 51.7 Å². The molecule has 1 aliphatic heterocycles. The second kappa shape index (κ2) is 6.68. The van der Waals surface area contributed by atoms with Crippen LogP contribution in [0, 0.1) is 11.7 Å². The van der Waals surface area contributed by atoms with Gasteiger partial charge in [0.1, 0.15) is 5.82 Å². The minimum Gasteiger partial charge on any atom is -0.311 e. The van der Waals surface area contributed by atoms with Crippen LogP contribution in [0.4, 0.5) is 4.39 Å². The minimum absolute atomic E-state index is 0.160. The summed E-state index contributed by atoms with van der Waals surface area (Å²) in [6.45, 7) is 8.00. The standard InChI is InChI=1S/C17H27FN2/c1-12-11-20(4)14(3)10-17(12)19-13(2)9-15-5-7-16(18)8-6-15/h5-8,12-14,17,19H,9-11H2,1-4H3. The van der Waals surface area contributed by atoms with Crippen LogP contribution in [0.5, 0.6) is 0 Å². The number of hydrogen-bond donors (Lipinski definition) is 1. The third-order valence-corrected chi connectivity index (χ3v) is 4.56. The van der Waals surface area contributed by atoms with Crippen molar-refractivity contribution in [1.82, 2.24) is 10.2 Å². The van der Waals surface area contributed by atoms with E-state index in [0.29, 0.717) is 24.0 Å². The molecule has 1 saturated heterocycles. The second-order valence-corrected chi connectivity index (χ2v) is 6.51. The first-order valence-electron chi connectivity index (χ1n) is 7.66. The molecule has 1 N–H and O–H groups in total. The van der Waals surface area contributed by atoms with Crippen molar-refractivity contribution in [2.24, 2.45) is 5.92 Å². The maximum absolute atomic E-state index is 12.9. The van der Waals surface area contributed by atoms with Crippen molar-refractivity contribution in [3.63, 3.8) is 0 Å². The lowest BCUT2D eigenvalue weighted by Gasteiger charge is -2.41. The Labute approximate surface area is 122 Å². The summed E-state index contributed by atoms with van der Waals surface area (Å²) in [5, 5.41) is 3.76. The van der Waals surface area contributed by atoms with Crippen molar-refractivity contribution < 1.29 is 4.39 Å². The zero-order valence-corrected chi connectivity index (χ0v) is 13.1. The minimum atomic E-state index is -0.160. The Bertz CT molecular complexity index is 418. The Kier molecular flexibility index (Phi) is 5.17. The Morgan fingerprint density at radius 3 is 2.60 bits per heavy atom. The lowest BCUT2D eigenvalue weighted by molar-refractivity contribution is 0.116. The summed E-state index contributed by atoms with van der Waals surface area (Å²) in [4.78, 5) is 2.44. The fourth-order valence-electron chi connectivity index (χ4n) is 3.17. The summed E-state index contributed by atoms with van der Waals surface area (Å²) in [5.41, 5.74) is 1.19. The molecule has 4 atom stereocenters. The van der Waals surface area contributed by atoms with Gasteiger partial charge in [-0.3, -0.25) is 0 Å². The molecule has 0 radical (unpaired) electrons. The van der Waals surface area contributed by atoms with Crippen molar-refractivity contribution in [3.05, 3.63) is 35.6 Å². The van der Waals surface area contributed by atoms with Crippen molar-refractivity contribution >= 4 is 0 Å². The van der Waals surface area contributed by atoms with Crippen LogP contribution < -0.4 is 5.32 Å². The van der Waals surface area contributed by atoms with E-state index in [-0.39, 0.29) is 5.82 Å². The molecule has 0 aromatic heterocycles. The van der Waals surface area contributed by atoms with Gasteiger partial charge in [0.05, 0.1) is 0 Å². The molecule has 0 spiro atoms. The number of piperidine rings is 1. The second-order valence-electron chi connectivity index (χ2n) is 6.51. The van der Waals surface area contributed by atoms with Gasteiger partial charge >= 0.3 is 0 Å². The maximum atomic E-state index is 12.9. The molecular weight excluding hydrogens is 251 g/mol. The lowest BCUT2D eigenvalue weighted by atomic mass is 9.89. The van der Waals surface area contributed by atoms with Crippen LogP contribution in [-0.2, 0) is 6.42 Å². The first-order chi connectivity index (χ1) is 9.45. The van der Waals surface area contributed by atoms with E-state index in [1.54, 1.807) is 12.1 Å². The van der Waals surface area contributed by atoms with E-state index in [0.717, 1.165) is 13.0 Å². The molecule has 4 unspecified atom stereocenters. The summed E-state index contributed by atoms with van der Waals surface area (Å²) in [6.07, 6.45) is 2.15. The fraction of sp³-hybridized carbons (Fsp3) is 0.647. The number of benzene rings is 1. The van der Waals surface area contributed by atoms with Gasteiger partial charge in [0.15, 0.2) is 0 Å².